The normalized spacial score (nSPS) is 13.1. The standard InChI is InChI=1S/C18H15BrO5/c1-22-17-8-11(13(19)10-15(17)21)2-4-14(20)12-3-5-16-18(9-12)24-7-6-23-16/h2-5,8-10,21H,6-7H2,1H3. The summed E-state index contributed by atoms with van der Waals surface area (Å²) in [4.78, 5) is 12.4. The highest BCUT2D eigenvalue weighted by Crippen LogP contribution is 2.33. The van der Waals surface area contributed by atoms with E-state index >= 15 is 0 Å². The first kappa shape index (κ1) is 16.4. The van der Waals surface area contributed by atoms with Crippen molar-refractivity contribution in [3.05, 3.63) is 52.0 Å². The smallest absolute Gasteiger partial charge is 0.185 e. The first-order valence-corrected chi connectivity index (χ1v) is 8.06. The van der Waals surface area contributed by atoms with Crippen LogP contribution < -0.4 is 14.2 Å². The number of fused-ring (bicyclic) bond motifs is 1. The molecule has 2 aromatic rings. The van der Waals surface area contributed by atoms with Crippen LogP contribution in [0.3, 0.4) is 0 Å². The van der Waals surface area contributed by atoms with Crippen LogP contribution in [0, 0.1) is 0 Å². The number of benzene rings is 2. The molecular formula is C18H15BrO5. The number of hydrogen-bond donors (Lipinski definition) is 1. The number of ether oxygens (including phenoxy) is 3. The Labute approximate surface area is 147 Å². The Balaban J connectivity index is 1.83. The zero-order chi connectivity index (χ0) is 17.1. The molecule has 1 aliphatic heterocycles. The van der Waals surface area contributed by atoms with E-state index in [0.29, 0.717) is 40.5 Å². The van der Waals surface area contributed by atoms with Gasteiger partial charge in [-0.3, -0.25) is 4.79 Å². The Hall–Kier alpha value is -2.47. The Bertz CT molecular complexity index is 813. The van der Waals surface area contributed by atoms with Crippen molar-refractivity contribution in [2.75, 3.05) is 20.3 Å². The lowest BCUT2D eigenvalue weighted by atomic mass is 10.1. The van der Waals surface area contributed by atoms with Crippen molar-refractivity contribution in [3.63, 3.8) is 0 Å². The third-order valence-corrected chi connectivity index (χ3v) is 4.23. The lowest BCUT2D eigenvalue weighted by Gasteiger charge is -2.18. The molecule has 1 N–H and O–H groups in total. The maximum atomic E-state index is 12.4. The van der Waals surface area contributed by atoms with Crippen molar-refractivity contribution >= 4 is 27.8 Å². The molecule has 5 nitrogen and oxygen atoms in total. The number of ketones is 1. The molecule has 1 heterocycles. The van der Waals surface area contributed by atoms with Gasteiger partial charge in [0, 0.05) is 10.0 Å². The summed E-state index contributed by atoms with van der Waals surface area (Å²) in [5, 5.41) is 9.71. The van der Waals surface area contributed by atoms with E-state index in [9.17, 15) is 9.90 Å². The van der Waals surface area contributed by atoms with Gasteiger partial charge in [-0.2, -0.15) is 0 Å². The first-order chi connectivity index (χ1) is 11.6. The number of phenols is 1. The van der Waals surface area contributed by atoms with Crippen LogP contribution in [0.4, 0.5) is 0 Å². The van der Waals surface area contributed by atoms with E-state index in [4.69, 9.17) is 14.2 Å². The molecule has 0 aromatic heterocycles. The predicted molar refractivity (Wildman–Crippen MR) is 93.2 cm³/mol. The number of allylic oxidation sites excluding steroid dienone is 1. The monoisotopic (exact) mass is 390 g/mol. The fraction of sp³-hybridized carbons (Fsp3) is 0.167. The summed E-state index contributed by atoms with van der Waals surface area (Å²) in [6, 6.07) is 8.27. The summed E-state index contributed by atoms with van der Waals surface area (Å²) < 4.78 is 16.7. The van der Waals surface area contributed by atoms with Crippen LogP contribution in [0.1, 0.15) is 15.9 Å². The quantitative estimate of drug-likeness (QED) is 0.634. The second-order valence-electron chi connectivity index (χ2n) is 5.10. The molecule has 0 unspecified atom stereocenters. The lowest BCUT2D eigenvalue weighted by Crippen LogP contribution is -2.15. The fourth-order valence-electron chi connectivity index (χ4n) is 2.31. The van der Waals surface area contributed by atoms with Crippen LogP contribution in [0.15, 0.2) is 40.9 Å². The van der Waals surface area contributed by atoms with Gasteiger partial charge in [-0.15, -0.1) is 0 Å². The van der Waals surface area contributed by atoms with E-state index < -0.39 is 0 Å². The molecule has 0 radical (unpaired) electrons. The molecule has 0 aliphatic carbocycles. The number of methoxy groups -OCH3 is 1. The van der Waals surface area contributed by atoms with E-state index in [0.717, 1.165) is 5.56 Å². The maximum Gasteiger partial charge on any atom is 0.185 e. The first-order valence-electron chi connectivity index (χ1n) is 7.27. The third kappa shape index (κ3) is 3.38. The number of rotatable bonds is 4. The molecule has 2 aromatic carbocycles. The summed E-state index contributed by atoms with van der Waals surface area (Å²) in [5.74, 6) is 1.43. The molecule has 0 saturated carbocycles. The van der Waals surface area contributed by atoms with Crippen LogP contribution in [-0.2, 0) is 0 Å². The molecule has 3 rings (SSSR count). The molecule has 0 spiro atoms. The number of halogens is 1. The average Bonchev–Trinajstić information content (AvgIpc) is 2.60. The highest BCUT2D eigenvalue weighted by Gasteiger charge is 2.14. The molecule has 6 heteroatoms. The van der Waals surface area contributed by atoms with E-state index in [1.54, 1.807) is 30.3 Å². The fourth-order valence-corrected chi connectivity index (χ4v) is 2.77. The van der Waals surface area contributed by atoms with E-state index in [2.05, 4.69) is 15.9 Å². The maximum absolute atomic E-state index is 12.4. The number of hydrogen-bond acceptors (Lipinski definition) is 5. The van der Waals surface area contributed by atoms with Crippen LogP contribution in [0.2, 0.25) is 0 Å². The van der Waals surface area contributed by atoms with Gasteiger partial charge in [0.15, 0.2) is 28.8 Å². The van der Waals surface area contributed by atoms with Gasteiger partial charge in [0.1, 0.15) is 13.2 Å². The van der Waals surface area contributed by atoms with Gasteiger partial charge in [-0.05, 0) is 48.0 Å². The highest BCUT2D eigenvalue weighted by molar-refractivity contribution is 9.10. The summed E-state index contributed by atoms with van der Waals surface area (Å²) >= 11 is 3.35. The zero-order valence-electron chi connectivity index (χ0n) is 12.9. The van der Waals surface area contributed by atoms with Gasteiger partial charge in [0.2, 0.25) is 0 Å². The third-order valence-electron chi connectivity index (χ3n) is 3.54. The summed E-state index contributed by atoms with van der Waals surface area (Å²) in [6.45, 7) is 0.984. The van der Waals surface area contributed by atoms with Crippen molar-refractivity contribution < 1.29 is 24.1 Å². The predicted octanol–water partition coefficient (Wildman–Crippen LogP) is 3.83. The van der Waals surface area contributed by atoms with E-state index in [-0.39, 0.29) is 11.5 Å². The van der Waals surface area contributed by atoms with Crippen LogP contribution >= 0.6 is 15.9 Å². The molecule has 0 bridgehead atoms. The molecule has 0 fully saturated rings. The van der Waals surface area contributed by atoms with Crippen molar-refractivity contribution in [2.45, 2.75) is 0 Å². The van der Waals surface area contributed by atoms with Crippen LogP contribution in [0.5, 0.6) is 23.0 Å². The summed E-state index contributed by atoms with van der Waals surface area (Å²) in [5.41, 5.74) is 1.23. The Morgan fingerprint density at radius 2 is 1.96 bits per heavy atom. The largest absolute Gasteiger partial charge is 0.504 e. The number of carbonyl (C=O) groups excluding carboxylic acids is 1. The van der Waals surface area contributed by atoms with Crippen molar-refractivity contribution in [1.29, 1.82) is 0 Å². The topological polar surface area (TPSA) is 65.0 Å². The molecule has 24 heavy (non-hydrogen) atoms. The summed E-state index contributed by atoms with van der Waals surface area (Å²) in [7, 11) is 1.47. The second kappa shape index (κ2) is 6.97. The van der Waals surface area contributed by atoms with Crippen LogP contribution in [-0.4, -0.2) is 31.2 Å². The zero-order valence-corrected chi connectivity index (χ0v) is 14.5. The summed E-state index contributed by atoms with van der Waals surface area (Å²) in [6.07, 6.45) is 3.12. The molecule has 124 valence electrons. The van der Waals surface area contributed by atoms with Crippen molar-refractivity contribution in [3.8, 4) is 23.0 Å². The minimum Gasteiger partial charge on any atom is -0.504 e. The molecule has 0 saturated heterocycles. The van der Waals surface area contributed by atoms with Gasteiger partial charge >= 0.3 is 0 Å². The average molecular weight is 391 g/mol. The van der Waals surface area contributed by atoms with Crippen molar-refractivity contribution in [2.24, 2.45) is 0 Å². The minimum atomic E-state index is -0.161. The van der Waals surface area contributed by atoms with Gasteiger partial charge < -0.3 is 19.3 Å². The van der Waals surface area contributed by atoms with E-state index in [1.807, 2.05) is 0 Å². The van der Waals surface area contributed by atoms with E-state index in [1.165, 1.54) is 19.3 Å². The number of carbonyl (C=O) groups is 1. The highest BCUT2D eigenvalue weighted by atomic mass is 79.9. The molecule has 0 amide bonds. The Kier molecular flexibility index (Phi) is 4.76. The molecule has 0 atom stereocenters. The SMILES string of the molecule is COc1cc(C=CC(=O)c2ccc3c(c2)OCCO3)c(Br)cc1O. The number of phenolic OH excluding ortho intramolecular Hbond substituents is 1. The van der Waals surface area contributed by atoms with Gasteiger partial charge in [0.05, 0.1) is 7.11 Å². The minimum absolute atomic E-state index is 0.0275. The van der Waals surface area contributed by atoms with Gasteiger partial charge in [-0.1, -0.05) is 15.9 Å². The van der Waals surface area contributed by atoms with Gasteiger partial charge in [-0.25, -0.2) is 0 Å². The molecule has 1 aliphatic rings. The molecular weight excluding hydrogens is 376 g/mol. The second-order valence-corrected chi connectivity index (χ2v) is 5.96. The number of aromatic hydroxyl groups is 1. The van der Waals surface area contributed by atoms with Crippen LogP contribution in [0.25, 0.3) is 6.08 Å². The van der Waals surface area contributed by atoms with Gasteiger partial charge in [0.25, 0.3) is 0 Å². The Morgan fingerprint density at radius 1 is 1.21 bits per heavy atom. The lowest BCUT2D eigenvalue weighted by molar-refractivity contribution is 0.104. The Morgan fingerprint density at radius 3 is 2.71 bits per heavy atom. The van der Waals surface area contributed by atoms with Crippen molar-refractivity contribution in [1.82, 2.24) is 0 Å².